The number of hydrogen-bond donors (Lipinski definition) is 0. The molecule has 0 aliphatic carbocycles. The second-order valence-corrected chi connectivity index (χ2v) is 8.44. The van der Waals surface area contributed by atoms with Crippen LogP contribution in [0.4, 0.5) is 5.69 Å². The lowest BCUT2D eigenvalue weighted by molar-refractivity contribution is -0.133. The Bertz CT molecular complexity index is 664. The van der Waals surface area contributed by atoms with E-state index in [2.05, 4.69) is 6.92 Å². The summed E-state index contributed by atoms with van der Waals surface area (Å²) in [6, 6.07) is 6.50. The first kappa shape index (κ1) is 17.8. The topological polar surface area (TPSA) is 57.7 Å². The maximum absolute atomic E-state index is 12.8. The summed E-state index contributed by atoms with van der Waals surface area (Å²) in [4.78, 5) is 14.6. The summed E-state index contributed by atoms with van der Waals surface area (Å²) >= 11 is 0. The summed E-state index contributed by atoms with van der Waals surface area (Å²) in [6.07, 6.45) is 3.10. The maximum Gasteiger partial charge on any atom is 0.246 e. The van der Waals surface area contributed by atoms with E-state index in [9.17, 15) is 13.2 Å². The van der Waals surface area contributed by atoms with Crippen molar-refractivity contribution in [2.24, 2.45) is 5.92 Å². The number of carbonyl (C=O) groups excluding carboxylic acids is 1. The Morgan fingerprint density at radius 2 is 1.91 bits per heavy atom. The van der Waals surface area contributed by atoms with E-state index in [-0.39, 0.29) is 5.91 Å². The van der Waals surface area contributed by atoms with E-state index in [1.807, 2.05) is 19.1 Å². The molecular weight excluding hydrogens is 312 g/mol. The van der Waals surface area contributed by atoms with Crippen LogP contribution in [-0.4, -0.2) is 44.6 Å². The fourth-order valence-corrected chi connectivity index (χ4v) is 4.22. The molecule has 128 valence electrons. The van der Waals surface area contributed by atoms with Gasteiger partial charge in [0, 0.05) is 13.1 Å². The molecule has 23 heavy (non-hydrogen) atoms. The number of amides is 1. The Hall–Kier alpha value is -1.56. The largest absolute Gasteiger partial charge is 0.341 e. The van der Waals surface area contributed by atoms with Crippen molar-refractivity contribution >= 4 is 21.6 Å². The molecule has 0 bridgehead atoms. The molecule has 0 saturated carbocycles. The highest BCUT2D eigenvalue weighted by molar-refractivity contribution is 7.92. The molecule has 1 saturated heterocycles. The van der Waals surface area contributed by atoms with Gasteiger partial charge in [-0.25, -0.2) is 8.42 Å². The van der Waals surface area contributed by atoms with Gasteiger partial charge in [-0.1, -0.05) is 19.1 Å². The monoisotopic (exact) mass is 338 g/mol. The molecule has 0 N–H and O–H groups in total. The third-order valence-electron chi connectivity index (χ3n) is 4.42. The van der Waals surface area contributed by atoms with Gasteiger partial charge in [-0.3, -0.25) is 9.10 Å². The van der Waals surface area contributed by atoms with E-state index in [4.69, 9.17) is 0 Å². The highest BCUT2D eigenvalue weighted by Gasteiger charge is 2.33. The lowest BCUT2D eigenvalue weighted by Gasteiger charge is -2.36. The van der Waals surface area contributed by atoms with Crippen LogP contribution >= 0.6 is 0 Å². The van der Waals surface area contributed by atoms with Crippen molar-refractivity contribution in [2.75, 3.05) is 23.7 Å². The summed E-state index contributed by atoms with van der Waals surface area (Å²) in [6.45, 7) is 7.17. The molecule has 1 atom stereocenters. The van der Waals surface area contributed by atoms with Crippen molar-refractivity contribution < 1.29 is 13.2 Å². The van der Waals surface area contributed by atoms with Crippen molar-refractivity contribution in [3.63, 3.8) is 0 Å². The SMILES string of the molecule is Cc1cccc(N([C@@H](C)C(=O)N2CCC(C)CC2)S(C)(=O)=O)c1. The Morgan fingerprint density at radius 1 is 1.30 bits per heavy atom. The quantitative estimate of drug-likeness (QED) is 0.847. The van der Waals surface area contributed by atoms with Crippen LogP contribution in [0.25, 0.3) is 0 Å². The standard InChI is InChI=1S/C17H26N2O3S/c1-13-8-10-18(11-9-13)17(20)15(3)19(23(4,21)22)16-7-5-6-14(2)12-16/h5-7,12-13,15H,8-11H2,1-4H3/t15-/m0/s1. The van der Waals surface area contributed by atoms with Gasteiger partial charge in [0.15, 0.2) is 0 Å². The van der Waals surface area contributed by atoms with Crippen LogP contribution in [0.5, 0.6) is 0 Å². The third kappa shape index (κ3) is 4.25. The fourth-order valence-electron chi connectivity index (χ4n) is 3.06. The van der Waals surface area contributed by atoms with Crippen molar-refractivity contribution in [3.05, 3.63) is 29.8 Å². The van der Waals surface area contributed by atoms with Gasteiger partial charge in [-0.05, 0) is 50.3 Å². The fraction of sp³-hybridized carbons (Fsp3) is 0.588. The van der Waals surface area contributed by atoms with Crippen LogP contribution in [0.2, 0.25) is 0 Å². The number of rotatable bonds is 4. The normalized spacial score (nSPS) is 17.8. The number of likely N-dealkylation sites (tertiary alicyclic amines) is 1. The molecular formula is C17H26N2O3S. The van der Waals surface area contributed by atoms with Gasteiger partial charge in [0.2, 0.25) is 15.9 Å². The van der Waals surface area contributed by atoms with Gasteiger partial charge in [-0.2, -0.15) is 0 Å². The number of aryl methyl sites for hydroxylation is 1. The van der Waals surface area contributed by atoms with Crippen molar-refractivity contribution in [1.82, 2.24) is 4.90 Å². The van der Waals surface area contributed by atoms with Crippen LogP contribution in [0.3, 0.4) is 0 Å². The highest BCUT2D eigenvalue weighted by atomic mass is 32.2. The molecule has 0 spiro atoms. The molecule has 1 aromatic carbocycles. The molecule has 5 nitrogen and oxygen atoms in total. The number of piperidine rings is 1. The predicted molar refractivity (Wildman–Crippen MR) is 92.9 cm³/mol. The molecule has 0 aromatic heterocycles. The molecule has 1 aliphatic rings. The van der Waals surface area contributed by atoms with Gasteiger partial charge in [0.05, 0.1) is 11.9 Å². The first-order valence-electron chi connectivity index (χ1n) is 8.05. The Morgan fingerprint density at radius 3 is 2.43 bits per heavy atom. The first-order chi connectivity index (χ1) is 10.7. The van der Waals surface area contributed by atoms with Gasteiger partial charge in [0.1, 0.15) is 6.04 Å². The van der Waals surface area contributed by atoms with E-state index in [1.165, 1.54) is 4.31 Å². The van der Waals surface area contributed by atoms with E-state index < -0.39 is 16.1 Å². The highest BCUT2D eigenvalue weighted by Crippen LogP contribution is 2.24. The van der Waals surface area contributed by atoms with E-state index in [1.54, 1.807) is 24.0 Å². The van der Waals surface area contributed by atoms with Gasteiger partial charge in [0.25, 0.3) is 0 Å². The second-order valence-electron chi connectivity index (χ2n) is 6.58. The van der Waals surface area contributed by atoms with Crippen molar-refractivity contribution in [1.29, 1.82) is 0 Å². The van der Waals surface area contributed by atoms with E-state index >= 15 is 0 Å². The summed E-state index contributed by atoms with van der Waals surface area (Å²) in [5.74, 6) is 0.501. The minimum atomic E-state index is -3.54. The predicted octanol–water partition coefficient (Wildman–Crippen LogP) is 2.41. The van der Waals surface area contributed by atoms with Crippen LogP contribution in [0.1, 0.15) is 32.3 Å². The van der Waals surface area contributed by atoms with Gasteiger partial charge >= 0.3 is 0 Å². The number of nitrogens with zero attached hydrogens (tertiary/aromatic N) is 2. The molecule has 1 amide bonds. The average molecular weight is 338 g/mol. The molecule has 1 aliphatic heterocycles. The lowest BCUT2D eigenvalue weighted by atomic mass is 9.99. The van der Waals surface area contributed by atoms with Crippen molar-refractivity contribution in [3.8, 4) is 0 Å². The zero-order valence-electron chi connectivity index (χ0n) is 14.3. The summed E-state index contributed by atoms with van der Waals surface area (Å²) in [7, 11) is -3.54. The Balaban J connectivity index is 2.27. The molecule has 1 heterocycles. The summed E-state index contributed by atoms with van der Waals surface area (Å²) < 4.78 is 25.8. The maximum atomic E-state index is 12.8. The van der Waals surface area contributed by atoms with Crippen LogP contribution < -0.4 is 4.31 Å². The number of hydrogen-bond acceptors (Lipinski definition) is 3. The number of sulfonamides is 1. The van der Waals surface area contributed by atoms with Gasteiger partial charge < -0.3 is 4.90 Å². The Labute approximate surface area is 139 Å². The smallest absolute Gasteiger partial charge is 0.246 e. The third-order valence-corrected chi connectivity index (χ3v) is 5.66. The molecule has 0 radical (unpaired) electrons. The van der Waals surface area contributed by atoms with Crippen LogP contribution in [0, 0.1) is 12.8 Å². The lowest BCUT2D eigenvalue weighted by Crippen LogP contribution is -2.51. The molecule has 1 aromatic rings. The summed E-state index contributed by atoms with van der Waals surface area (Å²) in [5.41, 5.74) is 1.50. The number of carbonyl (C=O) groups is 1. The molecule has 6 heteroatoms. The molecule has 2 rings (SSSR count). The zero-order valence-corrected chi connectivity index (χ0v) is 15.1. The van der Waals surface area contributed by atoms with Crippen molar-refractivity contribution in [2.45, 2.75) is 39.7 Å². The summed E-state index contributed by atoms with van der Waals surface area (Å²) in [5, 5.41) is 0. The second kappa shape index (κ2) is 6.91. The number of benzene rings is 1. The minimum absolute atomic E-state index is 0.121. The van der Waals surface area contributed by atoms with Crippen LogP contribution in [-0.2, 0) is 14.8 Å². The minimum Gasteiger partial charge on any atom is -0.341 e. The Kier molecular flexibility index (Phi) is 5.34. The average Bonchev–Trinajstić information content (AvgIpc) is 2.46. The molecule has 1 fully saturated rings. The van der Waals surface area contributed by atoms with Crippen LogP contribution in [0.15, 0.2) is 24.3 Å². The first-order valence-corrected chi connectivity index (χ1v) is 9.90. The van der Waals surface area contributed by atoms with E-state index in [0.717, 1.165) is 24.7 Å². The molecule has 0 unspecified atom stereocenters. The number of anilines is 1. The zero-order chi connectivity index (χ0) is 17.2. The van der Waals surface area contributed by atoms with Gasteiger partial charge in [-0.15, -0.1) is 0 Å². The van der Waals surface area contributed by atoms with E-state index in [0.29, 0.717) is 24.7 Å².